The lowest BCUT2D eigenvalue weighted by Crippen LogP contribution is -2.48. The first-order valence-electron chi connectivity index (χ1n) is 5.26. The van der Waals surface area contributed by atoms with Crippen LogP contribution in [-0.2, 0) is 4.79 Å². The molecule has 1 heterocycles. The van der Waals surface area contributed by atoms with E-state index in [1.165, 1.54) is 0 Å². The topological polar surface area (TPSA) is 32.3 Å². The summed E-state index contributed by atoms with van der Waals surface area (Å²) in [5.74, 6) is -3.26. The van der Waals surface area contributed by atoms with Crippen LogP contribution in [0.1, 0.15) is 19.8 Å². The monoisotopic (exact) mass is 220 g/mol. The van der Waals surface area contributed by atoms with E-state index in [2.05, 4.69) is 5.32 Å². The number of carbonyl (C=O) groups excluding carboxylic acids is 1. The van der Waals surface area contributed by atoms with Gasteiger partial charge in [0.05, 0.1) is 6.54 Å². The number of nitrogens with one attached hydrogen (secondary N) is 1. The van der Waals surface area contributed by atoms with Gasteiger partial charge in [-0.1, -0.05) is 6.92 Å². The molecule has 1 aliphatic rings. The molecule has 1 saturated heterocycles. The molecule has 3 nitrogen and oxygen atoms in total. The Morgan fingerprint density at radius 1 is 1.60 bits per heavy atom. The maximum absolute atomic E-state index is 13.3. The number of piperidine rings is 1. The summed E-state index contributed by atoms with van der Waals surface area (Å²) in [5.41, 5.74) is 0. The van der Waals surface area contributed by atoms with Gasteiger partial charge in [-0.15, -0.1) is 0 Å². The van der Waals surface area contributed by atoms with Crippen LogP contribution in [0, 0.1) is 5.92 Å². The molecule has 0 aromatic carbocycles. The molecule has 0 radical (unpaired) electrons. The molecule has 0 saturated carbocycles. The van der Waals surface area contributed by atoms with Gasteiger partial charge in [0.2, 0.25) is 5.91 Å². The fraction of sp³-hybridized carbons (Fsp3) is 0.900. The Morgan fingerprint density at radius 2 is 2.27 bits per heavy atom. The van der Waals surface area contributed by atoms with Crippen molar-refractivity contribution in [1.29, 1.82) is 0 Å². The second-order valence-corrected chi connectivity index (χ2v) is 4.15. The highest BCUT2D eigenvalue weighted by Crippen LogP contribution is 2.32. The van der Waals surface area contributed by atoms with Crippen molar-refractivity contribution in [3.63, 3.8) is 0 Å². The molecule has 1 fully saturated rings. The largest absolute Gasteiger partial charge is 0.359 e. The minimum absolute atomic E-state index is 0.100. The zero-order valence-corrected chi connectivity index (χ0v) is 9.22. The molecule has 0 aliphatic carbocycles. The smallest absolute Gasteiger partial charge is 0.263 e. The summed E-state index contributed by atoms with van der Waals surface area (Å²) in [6, 6.07) is 0. The molecule has 0 aromatic heterocycles. The van der Waals surface area contributed by atoms with E-state index in [1.54, 1.807) is 18.9 Å². The van der Waals surface area contributed by atoms with Crippen molar-refractivity contribution < 1.29 is 13.6 Å². The number of hydrogen-bond acceptors (Lipinski definition) is 2. The van der Waals surface area contributed by atoms with Crippen LogP contribution in [0.4, 0.5) is 8.78 Å². The molecule has 15 heavy (non-hydrogen) atoms. The van der Waals surface area contributed by atoms with Crippen LogP contribution in [0.25, 0.3) is 0 Å². The molecule has 1 atom stereocenters. The van der Waals surface area contributed by atoms with Gasteiger partial charge < -0.3 is 5.32 Å². The first-order valence-corrected chi connectivity index (χ1v) is 5.26. The Bertz CT molecular complexity index is 233. The van der Waals surface area contributed by atoms with Crippen LogP contribution in [-0.4, -0.2) is 43.4 Å². The molecular formula is C10H18F2N2O. The predicted molar refractivity (Wildman–Crippen MR) is 53.9 cm³/mol. The highest BCUT2D eigenvalue weighted by atomic mass is 19.3. The number of likely N-dealkylation sites (tertiary alicyclic amines) is 1. The summed E-state index contributed by atoms with van der Waals surface area (Å²) >= 11 is 0. The van der Waals surface area contributed by atoms with E-state index in [0.717, 1.165) is 0 Å². The second-order valence-electron chi connectivity index (χ2n) is 4.15. The van der Waals surface area contributed by atoms with Gasteiger partial charge in [-0.25, -0.2) is 8.78 Å². The van der Waals surface area contributed by atoms with Crippen molar-refractivity contribution in [3.8, 4) is 0 Å². The van der Waals surface area contributed by atoms with Gasteiger partial charge in [0.1, 0.15) is 0 Å². The van der Waals surface area contributed by atoms with Crippen molar-refractivity contribution in [3.05, 3.63) is 0 Å². The maximum Gasteiger partial charge on any atom is 0.263 e. The molecule has 0 aromatic rings. The second kappa shape index (κ2) is 4.88. The molecular weight excluding hydrogens is 202 g/mol. The van der Waals surface area contributed by atoms with E-state index >= 15 is 0 Å². The average Bonchev–Trinajstić information content (AvgIpc) is 2.19. The van der Waals surface area contributed by atoms with E-state index in [0.29, 0.717) is 25.9 Å². The van der Waals surface area contributed by atoms with Crippen LogP contribution in [0.2, 0.25) is 0 Å². The predicted octanol–water partition coefficient (Wildman–Crippen LogP) is 1.10. The zero-order valence-electron chi connectivity index (χ0n) is 9.22. The third kappa shape index (κ3) is 3.41. The van der Waals surface area contributed by atoms with Crippen molar-refractivity contribution in [2.24, 2.45) is 5.92 Å². The summed E-state index contributed by atoms with van der Waals surface area (Å²) < 4.78 is 26.6. The Hall–Kier alpha value is -0.710. The summed E-state index contributed by atoms with van der Waals surface area (Å²) in [5, 5.41) is 2.48. The first-order chi connectivity index (χ1) is 6.95. The van der Waals surface area contributed by atoms with Crippen LogP contribution in [0.15, 0.2) is 0 Å². The third-order valence-electron chi connectivity index (χ3n) is 2.97. The van der Waals surface area contributed by atoms with E-state index in [4.69, 9.17) is 0 Å². The summed E-state index contributed by atoms with van der Waals surface area (Å²) in [6.07, 6.45) is 0.793. The lowest BCUT2D eigenvalue weighted by molar-refractivity contribution is -0.123. The van der Waals surface area contributed by atoms with E-state index in [9.17, 15) is 13.6 Å². The van der Waals surface area contributed by atoms with Crippen LogP contribution >= 0.6 is 0 Å². The molecule has 0 spiro atoms. The van der Waals surface area contributed by atoms with Gasteiger partial charge in [0.25, 0.3) is 5.92 Å². The fourth-order valence-electron chi connectivity index (χ4n) is 1.70. The molecule has 0 bridgehead atoms. The number of rotatable bonds is 3. The van der Waals surface area contributed by atoms with Gasteiger partial charge in [0.15, 0.2) is 0 Å². The Kier molecular flexibility index (Phi) is 4.02. The van der Waals surface area contributed by atoms with Crippen LogP contribution in [0.5, 0.6) is 0 Å². The molecule has 5 heteroatoms. The number of amides is 1. The Balaban J connectivity index is 2.36. The summed E-state index contributed by atoms with van der Waals surface area (Å²) in [4.78, 5) is 12.6. The van der Waals surface area contributed by atoms with E-state index in [-0.39, 0.29) is 12.5 Å². The molecule has 88 valence electrons. The number of nitrogens with zero attached hydrogens (tertiary/aromatic N) is 1. The van der Waals surface area contributed by atoms with E-state index < -0.39 is 11.8 Å². The van der Waals surface area contributed by atoms with Crippen molar-refractivity contribution in [1.82, 2.24) is 10.2 Å². The highest BCUT2D eigenvalue weighted by Gasteiger charge is 2.41. The molecule has 1 unspecified atom stereocenters. The minimum atomic E-state index is -2.61. The van der Waals surface area contributed by atoms with Gasteiger partial charge in [-0.2, -0.15) is 0 Å². The van der Waals surface area contributed by atoms with Crippen molar-refractivity contribution in [2.45, 2.75) is 25.7 Å². The number of alkyl halides is 2. The van der Waals surface area contributed by atoms with Crippen LogP contribution < -0.4 is 5.32 Å². The molecule has 1 aliphatic heterocycles. The van der Waals surface area contributed by atoms with E-state index in [1.807, 2.05) is 0 Å². The molecule has 1 N–H and O–H groups in total. The Morgan fingerprint density at radius 3 is 2.80 bits per heavy atom. The average molecular weight is 220 g/mol. The number of carbonyl (C=O) groups is 1. The van der Waals surface area contributed by atoms with Crippen molar-refractivity contribution >= 4 is 5.91 Å². The minimum Gasteiger partial charge on any atom is -0.359 e. The number of hydrogen-bond donors (Lipinski definition) is 1. The molecule has 1 amide bonds. The highest BCUT2D eigenvalue weighted by molar-refractivity contribution is 5.75. The van der Waals surface area contributed by atoms with Gasteiger partial charge in [-0.05, 0) is 13.0 Å². The number of halogens is 2. The standard InChI is InChI=1S/C10H18F2N2O/c1-8-3-5-14(7-10(8,11)12)6-4-9(15)13-2/h8H,3-7H2,1-2H3,(H,13,15). The quantitative estimate of drug-likeness (QED) is 0.772. The SMILES string of the molecule is CNC(=O)CCN1CCC(C)C(F)(F)C1. The van der Waals surface area contributed by atoms with Gasteiger partial charge in [0, 0.05) is 25.9 Å². The lowest BCUT2D eigenvalue weighted by atomic mass is 9.95. The lowest BCUT2D eigenvalue weighted by Gasteiger charge is -2.36. The third-order valence-corrected chi connectivity index (χ3v) is 2.97. The summed E-state index contributed by atoms with van der Waals surface area (Å²) in [6.45, 7) is 2.44. The van der Waals surface area contributed by atoms with Crippen LogP contribution in [0.3, 0.4) is 0 Å². The molecule has 1 rings (SSSR count). The maximum atomic E-state index is 13.3. The fourth-order valence-corrected chi connectivity index (χ4v) is 1.70. The van der Waals surface area contributed by atoms with Gasteiger partial charge in [-0.3, -0.25) is 9.69 Å². The zero-order chi connectivity index (χ0) is 11.5. The first kappa shape index (κ1) is 12.4. The normalized spacial score (nSPS) is 26.3. The summed E-state index contributed by atoms with van der Waals surface area (Å²) in [7, 11) is 1.55. The van der Waals surface area contributed by atoms with Crippen molar-refractivity contribution in [2.75, 3.05) is 26.7 Å². The Labute approximate surface area is 88.8 Å². The van der Waals surface area contributed by atoms with Gasteiger partial charge >= 0.3 is 0 Å².